The van der Waals surface area contributed by atoms with E-state index in [9.17, 15) is 13.2 Å². The highest BCUT2D eigenvalue weighted by Gasteiger charge is 2.40. The molecule has 0 bridgehead atoms. The van der Waals surface area contributed by atoms with Gasteiger partial charge in [0, 0.05) is 13.1 Å². The van der Waals surface area contributed by atoms with E-state index >= 15 is 0 Å². The van der Waals surface area contributed by atoms with E-state index in [1.165, 1.54) is 6.07 Å². The third-order valence-corrected chi connectivity index (χ3v) is 3.01. The second-order valence-electron chi connectivity index (χ2n) is 4.66. The lowest BCUT2D eigenvalue weighted by Gasteiger charge is -2.28. The molecule has 2 unspecified atom stereocenters. The maximum atomic E-state index is 12.4. The zero-order valence-electron chi connectivity index (χ0n) is 9.93. The maximum absolute atomic E-state index is 12.4. The lowest BCUT2D eigenvalue weighted by molar-refractivity contribution is -0.162. The topological polar surface area (TPSA) is 39.1 Å². The summed E-state index contributed by atoms with van der Waals surface area (Å²) in [6.45, 7) is 2.22. The van der Waals surface area contributed by atoms with Crippen LogP contribution in [0.4, 0.5) is 13.2 Å². The highest BCUT2D eigenvalue weighted by atomic mass is 19.4. The van der Waals surface area contributed by atoms with Crippen LogP contribution in [0.15, 0.2) is 0 Å². The van der Waals surface area contributed by atoms with Crippen LogP contribution >= 0.6 is 0 Å². The average Bonchev–Trinajstić information content (AvgIpc) is 2.25. The Morgan fingerprint density at radius 1 is 1.53 bits per heavy atom. The number of nitriles is 1. The molecule has 0 radical (unpaired) electrons. The van der Waals surface area contributed by atoms with Gasteiger partial charge in [0.1, 0.15) is 0 Å². The standard InChI is InChI=1S/C11H18F3N3/c1-17(7-9-3-2-4-16-6-9)8-10(5-15)11(12,13)14/h9-10,16H,2-4,6-8H2,1H3. The summed E-state index contributed by atoms with van der Waals surface area (Å²) in [5, 5.41) is 11.7. The molecule has 0 saturated carbocycles. The molecule has 1 fully saturated rings. The molecule has 1 aliphatic heterocycles. The molecule has 2 atom stereocenters. The van der Waals surface area contributed by atoms with Gasteiger partial charge in [-0.15, -0.1) is 0 Å². The summed E-state index contributed by atoms with van der Waals surface area (Å²) in [6, 6.07) is 1.33. The van der Waals surface area contributed by atoms with Crippen LogP contribution in [0.1, 0.15) is 12.8 Å². The number of nitrogens with one attached hydrogen (secondary N) is 1. The Balaban J connectivity index is 2.37. The van der Waals surface area contributed by atoms with Crippen molar-refractivity contribution in [3.63, 3.8) is 0 Å². The van der Waals surface area contributed by atoms with Gasteiger partial charge < -0.3 is 10.2 Å². The molecular weight excluding hydrogens is 231 g/mol. The molecule has 3 nitrogen and oxygen atoms in total. The minimum atomic E-state index is -4.42. The Labute approximate surface area is 99.6 Å². The number of hydrogen-bond acceptors (Lipinski definition) is 3. The van der Waals surface area contributed by atoms with Crippen LogP contribution in [0, 0.1) is 23.2 Å². The van der Waals surface area contributed by atoms with Crippen LogP contribution in [-0.2, 0) is 0 Å². The van der Waals surface area contributed by atoms with Crippen molar-refractivity contribution >= 4 is 0 Å². The fraction of sp³-hybridized carbons (Fsp3) is 0.909. The van der Waals surface area contributed by atoms with Gasteiger partial charge in [0.25, 0.3) is 0 Å². The van der Waals surface area contributed by atoms with E-state index < -0.39 is 12.1 Å². The summed E-state index contributed by atoms with van der Waals surface area (Å²) in [6.07, 6.45) is -2.31. The van der Waals surface area contributed by atoms with E-state index in [4.69, 9.17) is 5.26 Å². The maximum Gasteiger partial charge on any atom is 0.405 e. The molecular formula is C11H18F3N3. The third kappa shape index (κ3) is 4.92. The highest BCUT2D eigenvalue weighted by molar-refractivity contribution is 4.90. The SMILES string of the molecule is CN(CC1CCCNC1)CC(C#N)C(F)(F)F. The smallest absolute Gasteiger partial charge is 0.316 e. The number of hydrogen-bond donors (Lipinski definition) is 1. The Morgan fingerprint density at radius 2 is 2.24 bits per heavy atom. The minimum Gasteiger partial charge on any atom is -0.316 e. The summed E-state index contributed by atoms with van der Waals surface area (Å²) in [4.78, 5) is 1.61. The van der Waals surface area contributed by atoms with Gasteiger partial charge >= 0.3 is 6.18 Å². The summed E-state index contributed by atoms with van der Waals surface area (Å²) >= 11 is 0. The highest BCUT2D eigenvalue weighted by Crippen LogP contribution is 2.26. The van der Waals surface area contributed by atoms with Crippen LogP contribution in [0.5, 0.6) is 0 Å². The Hall–Kier alpha value is -0.800. The second kappa shape index (κ2) is 6.22. The Bertz CT molecular complexity index is 266. The molecule has 17 heavy (non-hydrogen) atoms. The predicted molar refractivity (Wildman–Crippen MR) is 58.2 cm³/mol. The van der Waals surface area contributed by atoms with Gasteiger partial charge in [0.05, 0.1) is 6.07 Å². The van der Waals surface area contributed by atoms with Crippen molar-refractivity contribution in [1.29, 1.82) is 5.26 Å². The van der Waals surface area contributed by atoms with Crippen LogP contribution in [-0.4, -0.2) is 44.3 Å². The molecule has 1 N–H and O–H groups in total. The zero-order valence-corrected chi connectivity index (χ0v) is 9.93. The molecule has 1 heterocycles. The Morgan fingerprint density at radius 3 is 2.71 bits per heavy atom. The fourth-order valence-corrected chi connectivity index (χ4v) is 2.12. The average molecular weight is 249 g/mol. The van der Waals surface area contributed by atoms with Gasteiger partial charge in [0.15, 0.2) is 5.92 Å². The fourth-order valence-electron chi connectivity index (χ4n) is 2.12. The van der Waals surface area contributed by atoms with Crippen LogP contribution in [0.25, 0.3) is 0 Å². The molecule has 0 aromatic heterocycles. The van der Waals surface area contributed by atoms with Crippen molar-refractivity contribution < 1.29 is 13.2 Å². The number of piperidine rings is 1. The summed E-state index contributed by atoms with van der Waals surface area (Å²) in [7, 11) is 1.64. The van der Waals surface area contributed by atoms with E-state index in [1.807, 2.05) is 0 Å². The van der Waals surface area contributed by atoms with Crippen molar-refractivity contribution in [2.24, 2.45) is 11.8 Å². The number of nitrogens with zero attached hydrogens (tertiary/aromatic N) is 2. The monoisotopic (exact) mass is 249 g/mol. The molecule has 1 saturated heterocycles. The molecule has 0 amide bonds. The van der Waals surface area contributed by atoms with Crippen LogP contribution in [0.2, 0.25) is 0 Å². The lowest BCUT2D eigenvalue weighted by Crippen LogP contribution is -2.40. The summed E-state index contributed by atoms with van der Waals surface area (Å²) < 4.78 is 37.2. The van der Waals surface area contributed by atoms with Crippen molar-refractivity contribution in [3.05, 3.63) is 0 Å². The molecule has 0 aromatic carbocycles. The summed E-state index contributed by atoms with van der Waals surface area (Å²) in [5.41, 5.74) is 0. The van der Waals surface area contributed by atoms with Crippen molar-refractivity contribution in [3.8, 4) is 6.07 Å². The van der Waals surface area contributed by atoms with Crippen molar-refractivity contribution in [1.82, 2.24) is 10.2 Å². The first kappa shape index (κ1) is 14.3. The molecule has 98 valence electrons. The molecule has 1 rings (SSSR count). The van der Waals surface area contributed by atoms with Gasteiger partial charge in [-0.05, 0) is 38.9 Å². The van der Waals surface area contributed by atoms with Crippen molar-refractivity contribution in [2.75, 3.05) is 33.2 Å². The van der Waals surface area contributed by atoms with Gasteiger partial charge in [-0.25, -0.2) is 0 Å². The third-order valence-electron chi connectivity index (χ3n) is 3.01. The van der Waals surface area contributed by atoms with Gasteiger partial charge in [-0.2, -0.15) is 18.4 Å². The van der Waals surface area contributed by atoms with Gasteiger partial charge in [-0.3, -0.25) is 0 Å². The van der Waals surface area contributed by atoms with Crippen molar-refractivity contribution in [2.45, 2.75) is 19.0 Å². The predicted octanol–water partition coefficient (Wildman–Crippen LogP) is 1.62. The quantitative estimate of drug-likeness (QED) is 0.823. The Kier molecular flexibility index (Phi) is 5.22. The van der Waals surface area contributed by atoms with E-state index in [0.717, 1.165) is 25.9 Å². The second-order valence-corrected chi connectivity index (χ2v) is 4.66. The molecule has 6 heteroatoms. The van der Waals surface area contributed by atoms with Crippen LogP contribution < -0.4 is 5.32 Å². The number of rotatable bonds is 4. The van der Waals surface area contributed by atoms with Gasteiger partial charge in [-0.1, -0.05) is 0 Å². The van der Waals surface area contributed by atoms with E-state index in [1.54, 1.807) is 11.9 Å². The lowest BCUT2D eigenvalue weighted by atomic mass is 9.99. The summed E-state index contributed by atoms with van der Waals surface area (Å²) in [5.74, 6) is -1.50. The molecule has 0 spiro atoms. The molecule has 0 aromatic rings. The number of alkyl halides is 3. The van der Waals surface area contributed by atoms with E-state index in [0.29, 0.717) is 12.5 Å². The van der Waals surface area contributed by atoms with Crippen LogP contribution in [0.3, 0.4) is 0 Å². The van der Waals surface area contributed by atoms with E-state index in [2.05, 4.69) is 5.32 Å². The first-order valence-electron chi connectivity index (χ1n) is 5.79. The largest absolute Gasteiger partial charge is 0.405 e. The zero-order chi connectivity index (χ0) is 12.9. The number of halogens is 3. The van der Waals surface area contributed by atoms with E-state index in [-0.39, 0.29) is 6.54 Å². The normalized spacial score (nSPS) is 23.4. The minimum absolute atomic E-state index is 0.240. The van der Waals surface area contributed by atoms with Gasteiger partial charge in [0.2, 0.25) is 0 Å². The molecule has 0 aliphatic carbocycles. The first-order chi connectivity index (χ1) is 7.93. The molecule has 1 aliphatic rings. The first-order valence-corrected chi connectivity index (χ1v) is 5.79.